The van der Waals surface area contributed by atoms with Gasteiger partial charge < -0.3 is 16.0 Å². The molecule has 238 valence electrons. The highest BCUT2D eigenvalue weighted by atomic mass is 16.2. The molecule has 1 unspecified atom stereocenters. The monoisotopic (exact) mass is 599 g/mol. The second-order valence-electron chi connectivity index (χ2n) is 14.0. The first-order valence-electron chi connectivity index (χ1n) is 15.5. The number of carbonyl (C=O) groups is 3. The molecule has 2 rings (SSSR count). The van der Waals surface area contributed by atoms with Crippen LogP contribution < -0.4 is 16.0 Å². The number of rotatable bonds is 11. The van der Waals surface area contributed by atoms with Gasteiger partial charge in [0.1, 0.15) is 6.04 Å². The molecule has 0 radical (unpaired) electrons. The van der Waals surface area contributed by atoms with E-state index < -0.39 is 6.04 Å². The van der Waals surface area contributed by atoms with Crippen molar-refractivity contribution in [2.75, 3.05) is 11.9 Å². The fourth-order valence-electron chi connectivity index (χ4n) is 4.77. The third kappa shape index (κ3) is 9.80. The number of hydrogen-bond acceptors (Lipinski definition) is 3. The summed E-state index contributed by atoms with van der Waals surface area (Å²) in [6.07, 6.45) is 6.93. The minimum Gasteiger partial charge on any atom is -0.352 e. The van der Waals surface area contributed by atoms with E-state index in [0.717, 1.165) is 44.7 Å². The molecule has 0 aromatic heterocycles. The Bertz CT molecular complexity index is 1430. The van der Waals surface area contributed by atoms with Crippen molar-refractivity contribution in [3.05, 3.63) is 88.0 Å². The Balaban J connectivity index is 2.72. The third-order valence-electron chi connectivity index (χ3n) is 7.61. The van der Waals surface area contributed by atoms with Crippen molar-refractivity contribution >= 4 is 35.1 Å². The summed E-state index contributed by atoms with van der Waals surface area (Å²) in [6, 6.07) is 11.4. The van der Waals surface area contributed by atoms with Gasteiger partial charge in [0.05, 0.1) is 0 Å². The van der Waals surface area contributed by atoms with Crippen molar-refractivity contribution in [2.24, 2.45) is 5.41 Å². The van der Waals surface area contributed by atoms with Crippen LogP contribution in [0.1, 0.15) is 122 Å². The second kappa shape index (κ2) is 15.2. The Morgan fingerprint density at radius 3 is 1.95 bits per heavy atom. The number of anilines is 1. The van der Waals surface area contributed by atoms with E-state index in [4.69, 9.17) is 0 Å². The molecule has 2 aromatic rings. The average Bonchev–Trinajstić information content (AvgIpc) is 2.95. The van der Waals surface area contributed by atoms with Gasteiger partial charge >= 0.3 is 0 Å². The van der Waals surface area contributed by atoms with Crippen molar-refractivity contribution < 1.29 is 14.4 Å². The highest BCUT2D eigenvalue weighted by Crippen LogP contribution is 2.39. The molecule has 3 amide bonds. The molecule has 0 bridgehead atoms. The molecule has 6 nitrogen and oxygen atoms in total. The molecular weight excluding hydrogens is 546 g/mol. The van der Waals surface area contributed by atoms with Crippen LogP contribution in [0, 0.1) is 5.41 Å². The lowest BCUT2D eigenvalue weighted by Gasteiger charge is -2.27. The molecular formula is C38H53N3O3. The SMILES string of the molecule is C/C=C(C)/C(=C\C(=C/C)c1cc(C(C)(C)C)cc(NC(=O)C(C)NC=O)c1C(C)C)c1ccc(C(=O)NCC(C)(C)C)cc1. The molecule has 3 N–H and O–H groups in total. The van der Waals surface area contributed by atoms with E-state index in [1.807, 2.05) is 38.1 Å². The summed E-state index contributed by atoms with van der Waals surface area (Å²) in [7, 11) is 0. The zero-order valence-electron chi connectivity index (χ0n) is 28.9. The van der Waals surface area contributed by atoms with Crippen LogP contribution in [0.3, 0.4) is 0 Å². The molecule has 0 aliphatic heterocycles. The molecule has 6 heteroatoms. The van der Waals surface area contributed by atoms with Crippen LogP contribution in [0.5, 0.6) is 0 Å². The van der Waals surface area contributed by atoms with Crippen LogP contribution >= 0.6 is 0 Å². The van der Waals surface area contributed by atoms with Crippen molar-refractivity contribution in [3.8, 4) is 0 Å². The van der Waals surface area contributed by atoms with Gasteiger partial charge in [-0.2, -0.15) is 0 Å². The minimum atomic E-state index is -0.669. The Hall–Kier alpha value is -3.93. The average molecular weight is 600 g/mol. The van der Waals surface area contributed by atoms with Gasteiger partial charge in [-0.1, -0.05) is 85.7 Å². The number of carbonyl (C=O) groups excluding carboxylic acids is 3. The van der Waals surface area contributed by atoms with E-state index in [2.05, 4.69) is 109 Å². The van der Waals surface area contributed by atoms with Gasteiger partial charge in [0.2, 0.25) is 12.3 Å². The fraction of sp³-hybridized carbons (Fsp3) is 0.447. The lowest BCUT2D eigenvalue weighted by Crippen LogP contribution is -2.37. The maximum atomic E-state index is 13.1. The van der Waals surface area contributed by atoms with Gasteiger partial charge in [-0.05, 0) is 108 Å². The predicted octanol–water partition coefficient (Wildman–Crippen LogP) is 8.41. The lowest BCUT2D eigenvalue weighted by molar-refractivity contribution is -0.120. The maximum Gasteiger partial charge on any atom is 0.251 e. The van der Waals surface area contributed by atoms with Gasteiger partial charge in [0.25, 0.3) is 5.91 Å². The van der Waals surface area contributed by atoms with Crippen LogP contribution in [0.25, 0.3) is 11.1 Å². The number of allylic oxidation sites excluding steroid dienone is 6. The molecule has 0 saturated carbocycles. The normalized spacial score (nSPS) is 13.9. The summed E-state index contributed by atoms with van der Waals surface area (Å²) in [6.45, 7) is 25.4. The van der Waals surface area contributed by atoms with E-state index in [1.165, 1.54) is 0 Å². The molecule has 0 aliphatic carbocycles. The molecule has 1 atom stereocenters. The van der Waals surface area contributed by atoms with Gasteiger partial charge in [-0.25, -0.2) is 0 Å². The summed E-state index contributed by atoms with van der Waals surface area (Å²) in [5.41, 5.74) is 8.54. The summed E-state index contributed by atoms with van der Waals surface area (Å²) in [4.78, 5) is 36.8. The molecule has 0 saturated heterocycles. The highest BCUT2D eigenvalue weighted by molar-refractivity contribution is 5.99. The van der Waals surface area contributed by atoms with Gasteiger partial charge in [0.15, 0.2) is 0 Å². The first kappa shape index (κ1) is 36.3. The first-order chi connectivity index (χ1) is 20.4. The van der Waals surface area contributed by atoms with E-state index in [-0.39, 0.29) is 28.6 Å². The Morgan fingerprint density at radius 1 is 0.886 bits per heavy atom. The topological polar surface area (TPSA) is 87.3 Å². The fourth-order valence-corrected chi connectivity index (χ4v) is 4.77. The van der Waals surface area contributed by atoms with Crippen LogP contribution in [0.15, 0.2) is 60.2 Å². The van der Waals surface area contributed by atoms with Crippen LogP contribution in [-0.4, -0.2) is 30.8 Å². The summed E-state index contributed by atoms with van der Waals surface area (Å²) in [5, 5.41) is 8.68. The highest BCUT2D eigenvalue weighted by Gasteiger charge is 2.24. The lowest BCUT2D eigenvalue weighted by atomic mass is 9.80. The summed E-state index contributed by atoms with van der Waals surface area (Å²) < 4.78 is 0. The molecule has 0 fully saturated rings. The smallest absolute Gasteiger partial charge is 0.251 e. The number of amides is 3. The van der Waals surface area contributed by atoms with Gasteiger partial charge in [-0.3, -0.25) is 14.4 Å². The van der Waals surface area contributed by atoms with Gasteiger partial charge in [-0.15, -0.1) is 0 Å². The molecule has 0 heterocycles. The quantitative estimate of drug-likeness (QED) is 0.179. The van der Waals surface area contributed by atoms with E-state index >= 15 is 0 Å². The van der Waals surface area contributed by atoms with Crippen molar-refractivity contribution in [2.45, 2.75) is 100 Å². The standard InChI is InChI=1S/C38H53N3O3/c1-13-25(5)31(28-15-17-29(18-16-28)36(44)39-22-37(7,8)9)19-27(14-2)32-20-30(38(10,11)12)21-33(34(32)24(3)4)41-35(43)26(6)40-23-42/h13-21,23-24,26H,22H2,1-12H3,(H,39,44)(H,40,42)(H,41,43)/b25-13+,27-14+,31-19+. The summed E-state index contributed by atoms with van der Waals surface area (Å²) >= 11 is 0. The molecule has 0 spiro atoms. The number of nitrogens with one attached hydrogen (secondary N) is 3. The maximum absolute atomic E-state index is 13.1. The van der Waals surface area contributed by atoms with Crippen LogP contribution in [0.2, 0.25) is 0 Å². The zero-order chi connectivity index (χ0) is 33.4. The van der Waals surface area contributed by atoms with E-state index in [9.17, 15) is 14.4 Å². The van der Waals surface area contributed by atoms with Gasteiger partial charge in [0, 0.05) is 17.8 Å². The predicted molar refractivity (Wildman–Crippen MR) is 186 cm³/mol. The second-order valence-corrected chi connectivity index (χ2v) is 14.0. The molecule has 2 aromatic carbocycles. The minimum absolute atomic E-state index is 0.00385. The zero-order valence-corrected chi connectivity index (χ0v) is 28.9. The largest absolute Gasteiger partial charge is 0.352 e. The van der Waals surface area contributed by atoms with Crippen LogP contribution in [-0.2, 0) is 15.0 Å². The van der Waals surface area contributed by atoms with E-state index in [1.54, 1.807) is 6.92 Å². The Kier molecular flexibility index (Phi) is 12.5. The number of hydrogen-bond donors (Lipinski definition) is 3. The van der Waals surface area contributed by atoms with E-state index in [0.29, 0.717) is 18.5 Å². The van der Waals surface area contributed by atoms with Crippen molar-refractivity contribution in [1.82, 2.24) is 10.6 Å². The third-order valence-corrected chi connectivity index (χ3v) is 7.61. The first-order valence-corrected chi connectivity index (χ1v) is 15.5. The Labute approximate surface area is 265 Å². The summed E-state index contributed by atoms with van der Waals surface area (Å²) in [5.74, 6) is -0.253. The number of benzene rings is 2. The Morgan fingerprint density at radius 2 is 1.48 bits per heavy atom. The van der Waals surface area contributed by atoms with Crippen molar-refractivity contribution in [3.63, 3.8) is 0 Å². The van der Waals surface area contributed by atoms with Crippen LogP contribution in [0.4, 0.5) is 5.69 Å². The molecule has 0 aliphatic rings. The molecule has 44 heavy (non-hydrogen) atoms. The van der Waals surface area contributed by atoms with Crippen molar-refractivity contribution in [1.29, 1.82) is 0 Å².